The predicted molar refractivity (Wildman–Crippen MR) is 89.9 cm³/mol. The van der Waals surface area contributed by atoms with Gasteiger partial charge in [0.05, 0.1) is 0 Å². The van der Waals surface area contributed by atoms with E-state index in [0.717, 1.165) is 6.42 Å². The van der Waals surface area contributed by atoms with Gasteiger partial charge in [0.1, 0.15) is 0 Å². The molecule has 0 spiro atoms. The summed E-state index contributed by atoms with van der Waals surface area (Å²) in [5, 5.41) is 0. The minimum Gasteiger partial charge on any atom is -0.0836 e. The van der Waals surface area contributed by atoms with E-state index in [1.807, 2.05) is 0 Å². The van der Waals surface area contributed by atoms with Crippen molar-refractivity contribution < 1.29 is 0 Å². The highest BCUT2D eigenvalue weighted by atomic mass is 14.3. The molecule has 0 heterocycles. The molecule has 0 N–H and O–H groups in total. The summed E-state index contributed by atoms with van der Waals surface area (Å²) in [6, 6.07) is 17.7. The van der Waals surface area contributed by atoms with Gasteiger partial charge in [0.25, 0.3) is 0 Å². The smallest absolute Gasteiger partial charge is 0.00681 e. The third kappa shape index (κ3) is 2.08. The van der Waals surface area contributed by atoms with Crippen LogP contribution in [0.25, 0.3) is 11.1 Å². The second kappa shape index (κ2) is 4.89. The first-order valence-corrected chi connectivity index (χ1v) is 7.58. The standard InChI is InChI=1S/C21H18/c1-15-10-12-16(13-11-15)21-14-17-6-2-3-7-18(17)19-8-4-5-9-20(19)21/h2-5,7-14,17H,6H2,1H3. The molecule has 2 aliphatic carbocycles. The normalized spacial score (nSPS) is 19.4. The van der Waals surface area contributed by atoms with E-state index in [-0.39, 0.29) is 0 Å². The minimum absolute atomic E-state index is 0.515. The molecule has 2 aromatic carbocycles. The summed E-state index contributed by atoms with van der Waals surface area (Å²) < 4.78 is 0. The lowest BCUT2D eigenvalue weighted by Gasteiger charge is -2.28. The predicted octanol–water partition coefficient (Wildman–Crippen LogP) is 5.40. The summed E-state index contributed by atoms with van der Waals surface area (Å²) in [4.78, 5) is 0. The quantitative estimate of drug-likeness (QED) is 0.651. The fourth-order valence-electron chi connectivity index (χ4n) is 3.34. The topological polar surface area (TPSA) is 0 Å². The van der Waals surface area contributed by atoms with Gasteiger partial charge < -0.3 is 0 Å². The molecule has 21 heavy (non-hydrogen) atoms. The van der Waals surface area contributed by atoms with Crippen LogP contribution in [0.5, 0.6) is 0 Å². The van der Waals surface area contributed by atoms with Crippen LogP contribution in [0.3, 0.4) is 0 Å². The number of hydrogen-bond acceptors (Lipinski definition) is 0. The summed E-state index contributed by atoms with van der Waals surface area (Å²) in [7, 11) is 0. The molecule has 0 aliphatic heterocycles. The third-order valence-corrected chi connectivity index (χ3v) is 4.46. The van der Waals surface area contributed by atoms with Crippen molar-refractivity contribution in [2.24, 2.45) is 5.92 Å². The van der Waals surface area contributed by atoms with Crippen molar-refractivity contribution in [2.75, 3.05) is 0 Å². The first kappa shape index (κ1) is 12.4. The van der Waals surface area contributed by atoms with Crippen LogP contribution in [0.2, 0.25) is 0 Å². The Kier molecular flexibility index (Phi) is 2.89. The van der Waals surface area contributed by atoms with Crippen molar-refractivity contribution in [3.05, 3.63) is 95.1 Å². The number of fused-ring (bicyclic) bond motifs is 3. The van der Waals surface area contributed by atoms with Gasteiger partial charge in [-0.15, -0.1) is 0 Å². The second-order valence-electron chi connectivity index (χ2n) is 5.88. The number of aryl methyl sites for hydroxylation is 1. The van der Waals surface area contributed by atoms with Gasteiger partial charge in [-0.1, -0.05) is 78.4 Å². The van der Waals surface area contributed by atoms with E-state index in [1.165, 1.54) is 33.4 Å². The lowest BCUT2D eigenvalue weighted by atomic mass is 9.76. The molecule has 1 unspecified atom stereocenters. The average molecular weight is 270 g/mol. The largest absolute Gasteiger partial charge is 0.0836 e. The molecule has 0 amide bonds. The van der Waals surface area contributed by atoms with Gasteiger partial charge >= 0.3 is 0 Å². The van der Waals surface area contributed by atoms with E-state index >= 15 is 0 Å². The molecule has 0 saturated carbocycles. The molecule has 0 nitrogen and oxygen atoms in total. The number of allylic oxidation sites excluding steroid dienone is 5. The highest BCUT2D eigenvalue weighted by Crippen LogP contribution is 2.42. The number of benzene rings is 2. The molecular weight excluding hydrogens is 252 g/mol. The average Bonchev–Trinajstić information content (AvgIpc) is 2.55. The van der Waals surface area contributed by atoms with E-state index in [2.05, 4.69) is 79.8 Å². The molecule has 1 atom stereocenters. The Morgan fingerprint density at radius 1 is 0.905 bits per heavy atom. The summed E-state index contributed by atoms with van der Waals surface area (Å²) in [6.07, 6.45) is 10.3. The fourth-order valence-corrected chi connectivity index (χ4v) is 3.34. The van der Waals surface area contributed by atoms with Crippen LogP contribution in [0.1, 0.15) is 28.7 Å². The highest BCUT2D eigenvalue weighted by molar-refractivity contribution is 5.93. The molecule has 0 aromatic heterocycles. The molecule has 0 bridgehead atoms. The van der Waals surface area contributed by atoms with E-state index in [4.69, 9.17) is 0 Å². The molecule has 0 radical (unpaired) electrons. The van der Waals surface area contributed by atoms with E-state index in [1.54, 1.807) is 0 Å². The molecule has 2 aliphatic rings. The Morgan fingerprint density at radius 2 is 1.67 bits per heavy atom. The minimum atomic E-state index is 0.515. The molecule has 0 fully saturated rings. The molecule has 2 aromatic rings. The van der Waals surface area contributed by atoms with Crippen LogP contribution in [0.4, 0.5) is 0 Å². The van der Waals surface area contributed by atoms with Gasteiger partial charge in [0, 0.05) is 5.92 Å². The van der Waals surface area contributed by atoms with Crippen molar-refractivity contribution in [2.45, 2.75) is 13.3 Å². The molecule has 0 saturated heterocycles. The van der Waals surface area contributed by atoms with Crippen molar-refractivity contribution in [1.82, 2.24) is 0 Å². The van der Waals surface area contributed by atoms with Gasteiger partial charge in [-0.3, -0.25) is 0 Å². The summed E-state index contributed by atoms with van der Waals surface area (Å²) in [6.45, 7) is 2.14. The fraction of sp³-hybridized carbons (Fsp3) is 0.143. The van der Waals surface area contributed by atoms with Crippen molar-refractivity contribution in [3.63, 3.8) is 0 Å². The van der Waals surface area contributed by atoms with E-state index < -0.39 is 0 Å². The third-order valence-electron chi connectivity index (χ3n) is 4.46. The molecule has 102 valence electrons. The zero-order valence-electron chi connectivity index (χ0n) is 12.2. The van der Waals surface area contributed by atoms with Crippen LogP contribution in [0.15, 0.2) is 72.8 Å². The van der Waals surface area contributed by atoms with Gasteiger partial charge in [0.2, 0.25) is 0 Å². The Bertz CT molecular complexity index is 770. The number of rotatable bonds is 1. The summed E-state index contributed by atoms with van der Waals surface area (Å²) in [5.74, 6) is 0.515. The van der Waals surface area contributed by atoms with Crippen molar-refractivity contribution in [3.8, 4) is 0 Å². The molecule has 0 heteroatoms. The maximum Gasteiger partial charge on any atom is 0.00681 e. The summed E-state index contributed by atoms with van der Waals surface area (Å²) >= 11 is 0. The maximum atomic E-state index is 2.45. The van der Waals surface area contributed by atoms with E-state index in [9.17, 15) is 0 Å². The number of hydrogen-bond donors (Lipinski definition) is 0. The van der Waals surface area contributed by atoms with Gasteiger partial charge in [0.15, 0.2) is 0 Å². The Balaban J connectivity index is 1.92. The zero-order chi connectivity index (χ0) is 14.2. The lowest BCUT2D eigenvalue weighted by molar-refractivity contribution is 0.839. The van der Waals surface area contributed by atoms with E-state index in [0.29, 0.717) is 5.92 Å². The first-order valence-electron chi connectivity index (χ1n) is 7.58. The van der Waals surface area contributed by atoms with Crippen molar-refractivity contribution in [1.29, 1.82) is 0 Å². The molecular formula is C21H18. The van der Waals surface area contributed by atoms with Crippen LogP contribution in [-0.4, -0.2) is 0 Å². The second-order valence-corrected chi connectivity index (χ2v) is 5.88. The van der Waals surface area contributed by atoms with Gasteiger partial charge in [-0.25, -0.2) is 0 Å². The monoisotopic (exact) mass is 270 g/mol. The Hall–Kier alpha value is -2.34. The van der Waals surface area contributed by atoms with Crippen LogP contribution >= 0.6 is 0 Å². The maximum absolute atomic E-state index is 2.45. The summed E-state index contributed by atoms with van der Waals surface area (Å²) in [5.41, 5.74) is 8.22. The highest BCUT2D eigenvalue weighted by Gasteiger charge is 2.24. The van der Waals surface area contributed by atoms with Crippen molar-refractivity contribution >= 4 is 11.1 Å². The Labute approximate surface area is 126 Å². The Morgan fingerprint density at radius 3 is 2.48 bits per heavy atom. The lowest BCUT2D eigenvalue weighted by Crippen LogP contribution is -2.11. The molecule has 4 rings (SSSR count). The van der Waals surface area contributed by atoms with Crippen LogP contribution in [-0.2, 0) is 0 Å². The zero-order valence-corrected chi connectivity index (χ0v) is 12.2. The van der Waals surface area contributed by atoms with Gasteiger partial charge in [-0.05, 0) is 41.2 Å². The van der Waals surface area contributed by atoms with Crippen LogP contribution in [0, 0.1) is 12.8 Å². The van der Waals surface area contributed by atoms with Gasteiger partial charge in [-0.2, -0.15) is 0 Å². The van der Waals surface area contributed by atoms with Crippen LogP contribution < -0.4 is 0 Å². The SMILES string of the molecule is Cc1ccc(C2=CC3CC=CC=C3c3ccccc32)cc1. The first-order chi connectivity index (χ1) is 10.3.